The predicted molar refractivity (Wildman–Crippen MR) is 157 cm³/mol. The summed E-state index contributed by atoms with van der Waals surface area (Å²) < 4.78 is 50.0. The number of non-ortho nitro benzene ring substituents is 3. The van der Waals surface area contributed by atoms with Gasteiger partial charge in [0, 0.05) is 36.4 Å². The van der Waals surface area contributed by atoms with Crippen LogP contribution in [0.3, 0.4) is 0 Å². The van der Waals surface area contributed by atoms with E-state index in [0.29, 0.717) is 12.4 Å². The Labute approximate surface area is 268 Å². The van der Waals surface area contributed by atoms with Gasteiger partial charge in [-0.25, -0.2) is 0 Å². The first-order chi connectivity index (χ1) is 21.1. The lowest BCUT2D eigenvalue weighted by molar-refractivity contribution is -0.385. The molecule has 242 valence electrons. The first kappa shape index (κ1) is 38.4. The van der Waals surface area contributed by atoms with Crippen LogP contribution in [0.25, 0.3) is 0 Å². The van der Waals surface area contributed by atoms with Gasteiger partial charge >= 0.3 is 6.18 Å². The van der Waals surface area contributed by atoms with Gasteiger partial charge in [0.05, 0.1) is 36.4 Å². The lowest BCUT2D eigenvalue weighted by atomic mass is 10.3. The number of unbranched alkanes of at least 4 members (excludes halogenated alkanes) is 1. The van der Waals surface area contributed by atoms with Crippen LogP contribution in [0.2, 0.25) is 15.1 Å². The van der Waals surface area contributed by atoms with E-state index in [1.165, 1.54) is 36.4 Å². The van der Waals surface area contributed by atoms with Gasteiger partial charge in [-0.05, 0) is 24.6 Å². The zero-order valence-corrected chi connectivity index (χ0v) is 25.2. The van der Waals surface area contributed by atoms with Crippen molar-refractivity contribution in [2.75, 3.05) is 19.8 Å². The summed E-state index contributed by atoms with van der Waals surface area (Å²) in [6, 6.07) is 12.7. The molecule has 0 amide bonds. The molecular formula is C26H22Cl3F3N4O9. The van der Waals surface area contributed by atoms with Crippen molar-refractivity contribution in [1.82, 2.24) is 0 Å². The fraction of sp³-hybridized carbons (Fsp3) is 0.269. The van der Waals surface area contributed by atoms with Gasteiger partial charge < -0.3 is 14.2 Å². The van der Waals surface area contributed by atoms with Crippen LogP contribution >= 0.6 is 34.8 Å². The molecule has 45 heavy (non-hydrogen) atoms. The van der Waals surface area contributed by atoms with E-state index in [-0.39, 0.29) is 50.2 Å². The minimum atomic E-state index is -4.48. The summed E-state index contributed by atoms with van der Waals surface area (Å²) in [5.74, 6) is 0.513. The van der Waals surface area contributed by atoms with Crippen LogP contribution in [-0.4, -0.2) is 40.8 Å². The Morgan fingerprint density at radius 1 is 0.733 bits per heavy atom. The molecule has 0 saturated carbocycles. The molecule has 0 aliphatic rings. The van der Waals surface area contributed by atoms with Crippen LogP contribution in [0.5, 0.6) is 17.2 Å². The second-order valence-corrected chi connectivity index (χ2v) is 9.39. The highest BCUT2D eigenvalue weighted by atomic mass is 35.5. The fourth-order valence-electron chi connectivity index (χ4n) is 2.76. The zero-order chi connectivity index (χ0) is 34.2. The molecule has 13 nitrogen and oxygen atoms in total. The molecule has 0 bridgehead atoms. The summed E-state index contributed by atoms with van der Waals surface area (Å²) in [4.78, 5) is 29.3. The monoisotopic (exact) mass is 696 g/mol. The Hall–Kier alpha value is -4.59. The summed E-state index contributed by atoms with van der Waals surface area (Å²) in [5, 5.41) is 39.5. The maximum Gasteiger partial charge on any atom is 0.422 e. The average Bonchev–Trinajstić information content (AvgIpc) is 2.96. The molecule has 0 fully saturated rings. The van der Waals surface area contributed by atoms with Crippen molar-refractivity contribution in [1.29, 1.82) is 5.26 Å². The Morgan fingerprint density at radius 2 is 1.11 bits per heavy atom. The van der Waals surface area contributed by atoms with Gasteiger partial charge in [-0.2, -0.15) is 18.4 Å². The lowest BCUT2D eigenvalue weighted by Crippen LogP contribution is -2.19. The summed E-state index contributed by atoms with van der Waals surface area (Å²) in [5.41, 5.74) is -0.452. The van der Waals surface area contributed by atoms with E-state index < -0.39 is 27.6 Å². The van der Waals surface area contributed by atoms with Gasteiger partial charge in [-0.15, -0.1) is 0 Å². The molecule has 19 heteroatoms. The van der Waals surface area contributed by atoms with Crippen LogP contribution < -0.4 is 14.2 Å². The summed E-state index contributed by atoms with van der Waals surface area (Å²) in [7, 11) is 0. The topological polar surface area (TPSA) is 181 Å². The number of halogens is 6. The molecule has 0 saturated heterocycles. The molecule has 0 N–H and O–H groups in total. The molecule has 0 radical (unpaired) electrons. The zero-order valence-electron chi connectivity index (χ0n) is 23.0. The Kier molecular flexibility index (Phi) is 16.2. The Balaban J connectivity index is 0.000000338. The van der Waals surface area contributed by atoms with Crippen molar-refractivity contribution in [2.24, 2.45) is 0 Å². The summed E-state index contributed by atoms with van der Waals surface area (Å²) in [6.45, 7) is 0.997. The minimum absolute atomic E-state index is 0.0251. The number of hydrogen-bond acceptors (Lipinski definition) is 10. The van der Waals surface area contributed by atoms with E-state index in [4.69, 9.17) is 49.5 Å². The van der Waals surface area contributed by atoms with Gasteiger partial charge in [0.1, 0.15) is 23.3 Å². The van der Waals surface area contributed by atoms with Crippen molar-refractivity contribution in [3.05, 3.63) is 100 Å². The second kappa shape index (κ2) is 18.9. The number of nitro benzene ring substituents is 3. The molecule has 3 aromatic carbocycles. The SMILES string of the molecule is CCCCOc1ccc([N+](=O)[O-])cc1Cl.N#CCOc1ccc([N+](=O)[O-])cc1Cl.O=[N+]([O-])c1ccc(OCC(F)(F)F)c(Cl)c1. The quantitative estimate of drug-likeness (QED) is 0.107. The van der Waals surface area contributed by atoms with Crippen molar-refractivity contribution in [3.8, 4) is 23.3 Å². The van der Waals surface area contributed by atoms with Crippen LogP contribution in [0, 0.1) is 41.7 Å². The lowest BCUT2D eigenvalue weighted by Gasteiger charge is -2.09. The van der Waals surface area contributed by atoms with Gasteiger partial charge in [0.2, 0.25) is 0 Å². The van der Waals surface area contributed by atoms with Gasteiger partial charge in [0.25, 0.3) is 17.1 Å². The van der Waals surface area contributed by atoms with E-state index in [1.807, 2.05) is 0 Å². The highest BCUT2D eigenvalue weighted by Gasteiger charge is 2.29. The number of nitro groups is 3. The first-order valence-corrected chi connectivity index (χ1v) is 13.4. The first-order valence-electron chi connectivity index (χ1n) is 12.2. The van der Waals surface area contributed by atoms with E-state index in [1.54, 1.807) is 6.07 Å². The molecular weight excluding hydrogens is 676 g/mol. The predicted octanol–water partition coefficient (Wildman–Crippen LogP) is 8.77. The third-order valence-electron chi connectivity index (χ3n) is 4.82. The highest BCUT2D eigenvalue weighted by molar-refractivity contribution is 6.32. The fourth-order valence-corrected chi connectivity index (χ4v) is 3.45. The third kappa shape index (κ3) is 14.6. The van der Waals surface area contributed by atoms with Crippen LogP contribution in [0.4, 0.5) is 30.2 Å². The summed E-state index contributed by atoms with van der Waals surface area (Å²) >= 11 is 17.0. The van der Waals surface area contributed by atoms with Crippen LogP contribution in [0.1, 0.15) is 19.8 Å². The number of alkyl halides is 3. The number of hydrogen-bond donors (Lipinski definition) is 0. The number of benzene rings is 3. The van der Waals surface area contributed by atoms with Crippen molar-refractivity contribution >= 4 is 51.9 Å². The maximum absolute atomic E-state index is 11.8. The maximum atomic E-state index is 11.8. The number of nitriles is 1. The molecule has 3 aromatic rings. The van der Waals surface area contributed by atoms with Gasteiger partial charge in [0.15, 0.2) is 13.2 Å². The number of nitrogens with zero attached hydrogens (tertiary/aromatic N) is 4. The van der Waals surface area contributed by atoms with Crippen LogP contribution in [-0.2, 0) is 0 Å². The van der Waals surface area contributed by atoms with Crippen LogP contribution in [0.15, 0.2) is 54.6 Å². The molecule has 0 aliphatic heterocycles. The van der Waals surface area contributed by atoms with E-state index in [9.17, 15) is 43.5 Å². The third-order valence-corrected chi connectivity index (χ3v) is 5.70. The van der Waals surface area contributed by atoms with E-state index >= 15 is 0 Å². The van der Waals surface area contributed by atoms with Crippen molar-refractivity contribution in [3.63, 3.8) is 0 Å². The van der Waals surface area contributed by atoms with Crippen molar-refractivity contribution in [2.45, 2.75) is 25.9 Å². The Morgan fingerprint density at radius 3 is 1.42 bits per heavy atom. The van der Waals surface area contributed by atoms with Gasteiger partial charge in [-0.1, -0.05) is 48.1 Å². The normalized spacial score (nSPS) is 10.2. The smallest absolute Gasteiger partial charge is 0.422 e. The number of ether oxygens (including phenoxy) is 3. The average molecular weight is 698 g/mol. The van der Waals surface area contributed by atoms with Gasteiger partial charge in [-0.3, -0.25) is 30.3 Å². The molecule has 0 atom stereocenters. The number of rotatable bonds is 11. The molecule has 0 aromatic heterocycles. The highest BCUT2D eigenvalue weighted by Crippen LogP contribution is 2.31. The molecule has 0 unspecified atom stereocenters. The Bertz CT molecular complexity index is 1520. The standard InChI is InChI=1S/C10H12ClNO3.C8H5ClF3NO3.C8H5ClN2O3/c1-2-3-6-15-10-5-4-8(12(13)14)7-9(10)11;9-6-3-5(13(14)15)1-2-7(6)16-4-8(10,11)12;9-7-5-6(11(12)13)1-2-8(7)14-4-3-10/h4-5,7H,2-3,6H2,1H3;1-3H,4H2;1-2,5H,4H2. The molecule has 0 heterocycles. The largest absolute Gasteiger partial charge is 0.492 e. The molecule has 0 aliphatic carbocycles. The summed E-state index contributed by atoms with van der Waals surface area (Å²) in [6.07, 6.45) is -2.51. The van der Waals surface area contributed by atoms with E-state index in [2.05, 4.69) is 11.7 Å². The van der Waals surface area contributed by atoms with E-state index in [0.717, 1.165) is 31.0 Å². The molecule has 3 rings (SSSR count). The van der Waals surface area contributed by atoms with Crippen molar-refractivity contribution < 1.29 is 42.2 Å². The second-order valence-electron chi connectivity index (χ2n) is 8.17. The molecule has 0 spiro atoms. The minimum Gasteiger partial charge on any atom is -0.492 e.